The minimum atomic E-state index is -0.376. The molecule has 4 aromatic heterocycles. The van der Waals surface area contributed by atoms with Crippen molar-refractivity contribution in [3.63, 3.8) is 0 Å². The highest BCUT2D eigenvalue weighted by Gasteiger charge is 2.15. The molecule has 0 amide bonds. The molecule has 144 valence electrons. The molecule has 0 fully saturated rings. The summed E-state index contributed by atoms with van der Waals surface area (Å²) < 4.78 is 9.87. The molecule has 4 aromatic rings. The molecule has 0 bridgehead atoms. The molecule has 0 saturated heterocycles. The van der Waals surface area contributed by atoms with E-state index in [9.17, 15) is 9.59 Å². The Balaban J connectivity index is 1.44. The van der Waals surface area contributed by atoms with E-state index < -0.39 is 0 Å². The molecule has 0 unspecified atom stereocenters. The maximum absolute atomic E-state index is 12.6. The number of nitrogens with zero attached hydrogens (tertiary/aromatic N) is 7. The van der Waals surface area contributed by atoms with E-state index >= 15 is 0 Å². The predicted octanol–water partition coefficient (Wildman–Crippen LogP) is 1.06. The molecule has 28 heavy (non-hydrogen) atoms. The highest BCUT2D eigenvalue weighted by atomic mass is 32.2. The fraction of sp³-hybridized carbons (Fsp3) is 0.294. The lowest BCUT2D eigenvalue weighted by atomic mass is 10.3. The van der Waals surface area contributed by atoms with Crippen molar-refractivity contribution in [2.45, 2.75) is 18.2 Å². The number of aromatic nitrogens is 7. The van der Waals surface area contributed by atoms with Crippen LogP contribution in [-0.4, -0.2) is 39.6 Å². The number of fused-ring (bicyclic) bond motifs is 1. The summed E-state index contributed by atoms with van der Waals surface area (Å²) in [6.07, 6.45) is 5.44. The van der Waals surface area contributed by atoms with Crippen LogP contribution >= 0.6 is 11.8 Å². The van der Waals surface area contributed by atoms with Gasteiger partial charge in [0.05, 0.1) is 6.33 Å². The smallest absolute Gasteiger partial charge is 0.332 e. The van der Waals surface area contributed by atoms with Crippen molar-refractivity contribution in [1.29, 1.82) is 0 Å². The van der Waals surface area contributed by atoms with E-state index in [4.69, 9.17) is 4.42 Å². The summed E-state index contributed by atoms with van der Waals surface area (Å²) >= 11 is 1.38. The van der Waals surface area contributed by atoms with Crippen LogP contribution in [-0.2, 0) is 20.6 Å². The Labute approximate surface area is 162 Å². The maximum atomic E-state index is 12.6. The molecule has 11 heteroatoms. The first kappa shape index (κ1) is 18.2. The summed E-state index contributed by atoms with van der Waals surface area (Å²) in [5.74, 6) is 1.05. The second-order valence-electron chi connectivity index (χ2n) is 6.14. The Morgan fingerprint density at radius 1 is 1.14 bits per heavy atom. The quantitative estimate of drug-likeness (QED) is 0.349. The summed E-state index contributed by atoms with van der Waals surface area (Å²) in [7, 11) is 3.35. The molecule has 0 spiro atoms. The zero-order valence-corrected chi connectivity index (χ0v) is 16.1. The highest BCUT2D eigenvalue weighted by molar-refractivity contribution is 7.99. The Kier molecular flexibility index (Phi) is 4.82. The van der Waals surface area contributed by atoms with Crippen molar-refractivity contribution in [2.75, 3.05) is 5.75 Å². The first-order valence-corrected chi connectivity index (χ1v) is 9.52. The fourth-order valence-electron chi connectivity index (χ4n) is 2.85. The second-order valence-corrected chi connectivity index (χ2v) is 7.18. The van der Waals surface area contributed by atoms with E-state index in [1.165, 1.54) is 27.2 Å². The Bertz CT molecular complexity index is 1240. The Hall–Kier alpha value is -3.21. The van der Waals surface area contributed by atoms with E-state index in [-0.39, 0.29) is 11.2 Å². The number of aryl methyl sites for hydroxylation is 2. The van der Waals surface area contributed by atoms with Gasteiger partial charge in [0.1, 0.15) is 0 Å². The van der Waals surface area contributed by atoms with E-state index in [2.05, 4.69) is 20.2 Å². The molecule has 0 radical (unpaired) electrons. The molecule has 0 N–H and O–H groups in total. The van der Waals surface area contributed by atoms with Gasteiger partial charge >= 0.3 is 5.69 Å². The normalized spacial score (nSPS) is 11.4. The van der Waals surface area contributed by atoms with Gasteiger partial charge in [-0.25, -0.2) is 9.78 Å². The van der Waals surface area contributed by atoms with Gasteiger partial charge in [-0.15, -0.1) is 10.2 Å². The van der Waals surface area contributed by atoms with Crippen molar-refractivity contribution >= 4 is 22.9 Å². The first-order chi connectivity index (χ1) is 13.6. The van der Waals surface area contributed by atoms with Gasteiger partial charge in [-0.2, -0.15) is 0 Å². The van der Waals surface area contributed by atoms with Crippen LogP contribution in [0.3, 0.4) is 0 Å². The minimum absolute atomic E-state index is 0.297. The summed E-state index contributed by atoms with van der Waals surface area (Å²) in [5, 5.41) is 8.47. The zero-order valence-electron chi connectivity index (χ0n) is 15.3. The van der Waals surface area contributed by atoms with Crippen LogP contribution in [0.5, 0.6) is 0 Å². The van der Waals surface area contributed by atoms with Gasteiger partial charge in [-0.3, -0.25) is 18.9 Å². The van der Waals surface area contributed by atoms with Crippen LogP contribution in [0, 0.1) is 0 Å². The molecular weight excluding hydrogens is 382 g/mol. The van der Waals surface area contributed by atoms with Gasteiger partial charge < -0.3 is 8.98 Å². The van der Waals surface area contributed by atoms with Gasteiger partial charge in [-0.1, -0.05) is 11.8 Å². The standard InChI is InChI=1S/C17H17N7O3S/c1-22-10-19-13-12(22)15(25)24(17(26)23(13)2)8-3-9-28-16-21-20-14(27-16)11-4-6-18-7-5-11/h4-7,10H,3,8-9H2,1-2H3. The molecule has 4 heterocycles. The van der Waals surface area contributed by atoms with E-state index in [0.717, 1.165) is 5.56 Å². The summed E-state index contributed by atoms with van der Waals surface area (Å²) in [6.45, 7) is 0.297. The number of rotatable bonds is 6. The minimum Gasteiger partial charge on any atom is -0.411 e. The SMILES string of the molecule is Cn1cnc2c1c(=O)n(CCCSc1nnc(-c3ccncc3)o1)c(=O)n2C. The number of hydrogen-bond acceptors (Lipinski definition) is 8. The number of pyridine rings is 1. The molecule has 0 saturated carbocycles. The van der Waals surface area contributed by atoms with Gasteiger partial charge in [0, 0.05) is 44.4 Å². The molecular formula is C17H17N7O3S. The summed E-state index contributed by atoms with van der Waals surface area (Å²) in [4.78, 5) is 33.2. The van der Waals surface area contributed by atoms with Crippen molar-refractivity contribution in [3.8, 4) is 11.5 Å². The van der Waals surface area contributed by atoms with Gasteiger partial charge in [0.15, 0.2) is 11.2 Å². The topological polar surface area (TPSA) is 114 Å². The fourth-order valence-corrected chi connectivity index (χ4v) is 3.54. The van der Waals surface area contributed by atoms with E-state index in [0.29, 0.717) is 41.0 Å². The maximum Gasteiger partial charge on any atom is 0.332 e. The van der Waals surface area contributed by atoms with Crippen molar-refractivity contribution in [3.05, 3.63) is 51.7 Å². The average Bonchev–Trinajstić information content (AvgIpc) is 3.33. The molecule has 0 aliphatic carbocycles. The lowest BCUT2D eigenvalue weighted by Gasteiger charge is -2.08. The third-order valence-corrected chi connectivity index (χ3v) is 5.19. The van der Waals surface area contributed by atoms with E-state index in [1.807, 2.05) is 0 Å². The Morgan fingerprint density at radius 3 is 2.71 bits per heavy atom. The zero-order chi connectivity index (χ0) is 19.7. The molecule has 0 atom stereocenters. The largest absolute Gasteiger partial charge is 0.411 e. The third kappa shape index (κ3) is 3.24. The molecule has 0 aromatic carbocycles. The highest BCUT2D eigenvalue weighted by Crippen LogP contribution is 2.22. The van der Waals surface area contributed by atoms with Crippen LogP contribution in [0.2, 0.25) is 0 Å². The van der Waals surface area contributed by atoms with Crippen LogP contribution in [0.15, 0.2) is 50.1 Å². The predicted molar refractivity (Wildman–Crippen MR) is 103 cm³/mol. The first-order valence-electron chi connectivity index (χ1n) is 8.54. The average molecular weight is 399 g/mol. The lowest BCUT2D eigenvalue weighted by molar-refractivity contribution is 0.465. The lowest BCUT2D eigenvalue weighted by Crippen LogP contribution is -2.39. The van der Waals surface area contributed by atoms with Crippen molar-refractivity contribution in [2.24, 2.45) is 14.1 Å². The number of hydrogen-bond donors (Lipinski definition) is 0. The monoisotopic (exact) mass is 399 g/mol. The van der Waals surface area contributed by atoms with Crippen LogP contribution in [0.1, 0.15) is 6.42 Å². The van der Waals surface area contributed by atoms with Gasteiger partial charge in [0.25, 0.3) is 10.8 Å². The Morgan fingerprint density at radius 2 is 1.93 bits per heavy atom. The number of thioether (sulfide) groups is 1. The molecule has 10 nitrogen and oxygen atoms in total. The summed E-state index contributed by atoms with van der Waals surface area (Å²) in [6, 6.07) is 3.58. The summed E-state index contributed by atoms with van der Waals surface area (Å²) in [5.41, 5.74) is 0.889. The molecule has 0 aliphatic heterocycles. The van der Waals surface area contributed by atoms with Gasteiger partial charge in [-0.05, 0) is 18.6 Å². The number of imidazole rings is 1. The molecule has 0 aliphatic rings. The van der Waals surface area contributed by atoms with Gasteiger partial charge in [0.2, 0.25) is 5.89 Å². The van der Waals surface area contributed by atoms with E-state index in [1.54, 1.807) is 43.2 Å². The van der Waals surface area contributed by atoms with Crippen LogP contribution in [0.4, 0.5) is 0 Å². The third-order valence-electron chi connectivity index (χ3n) is 4.29. The van der Waals surface area contributed by atoms with Crippen LogP contribution in [0.25, 0.3) is 22.6 Å². The van der Waals surface area contributed by atoms with Crippen molar-refractivity contribution < 1.29 is 4.42 Å². The van der Waals surface area contributed by atoms with Crippen LogP contribution < -0.4 is 11.2 Å². The molecule has 4 rings (SSSR count). The second kappa shape index (κ2) is 7.43. The van der Waals surface area contributed by atoms with Crippen molar-refractivity contribution in [1.82, 2.24) is 33.9 Å².